The second-order valence-corrected chi connectivity index (χ2v) is 4.67. The van der Waals surface area contributed by atoms with Gasteiger partial charge < -0.3 is 10.4 Å². The zero-order valence-electron chi connectivity index (χ0n) is 9.51. The van der Waals surface area contributed by atoms with Gasteiger partial charge in [-0.25, -0.2) is 4.79 Å². The molecule has 92 valence electrons. The van der Waals surface area contributed by atoms with Gasteiger partial charge in [0.1, 0.15) is 4.88 Å². The van der Waals surface area contributed by atoms with Gasteiger partial charge in [0, 0.05) is 18.0 Å². The van der Waals surface area contributed by atoms with Crippen LogP contribution in [0, 0.1) is 6.92 Å². The van der Waals surface area contributed by atoms with Gasteiger partial charge in [-0.15, -0.1) is 11.3 Å². The largest absolute Gasteiger partial charge is 0.477 e. The summed E-state index contributed by atoms with van der Waals surface area (Å²) in [4.78, 5) is 26.8. The quantitative estimate of drug-likeness (QED) is 0.890. The Bertz CT molecular complexity index is 593. The minimum Gasteiger partial charge on any atom is -0.477 e. The highest BCUT2D eigenvalue weighted by atomic mass is 32.1. The number of nitrogens with zero attached hydrogens (tertiary/aromatic N) is 1. The lowest BCUT2D eigenvalue weighted by molar-refractivity contribution is 0.0701. The molecule has 0 saturated carbocycles. The Hall–Kier alpha value is -2.21. The van der Waals surface area contributed by atoms with E-state index >= 15 is 0 Å². The molecule has 5 nitrogen and oxygen atoms in total. The van der Waals surface area contributed by atoms with E-state index in [-0.39, 0.29) is 10.8 Å². The van der Waals surface area contributed by atoms with Gasteiger partial charge in [0.15, 0.2) is 0 Å². The molecule has 0 bridgehead atoms. The van der Waals surface area contributed by atoms with Gasteiger partial charge in [0.25, 0.3) is 5.91 Å². The number of carbonyl (C=O) groups is 2. The van der Waals surface area contributed by atoms with Crippen molar-refractivity contribution in [2.24, 2.45) is 0 Å². The molecule has 6 heteroatoms. The van der Waals surface area contributed by atoms with Crippen LogP contribution in [0.3, 0.4) is 0 Å². The summed E-state index contributed by atoms with van der Waals surface area (Å²) < 4.78 is 0. The van der Waals surface area contributed by atoms with Crippen molar-refractivity contribution >= 4 is 28.2 Å². The van der Waals surface area contributed by atoms with Gasteiger partial charge in [0.2, 0.25) is 0 Å². The molecule has 2 aromatic heterocycles. The molecule has 0 aliphatic heterocycles. The van der Waals surface area contributed by atoms with E-state index in [0.29, 0.717) is 16.1 Å². The fourth-order valence-electron chi connectivity index (χ4n) is 1.44. The van der Waals surface area contributed by atoms with E-state index in [0.717, 1.165) is 11.3 Å². The number of hydrogen-bond donors (Lipinski definition) is 2. The van der Waals surface area contributed by atoms with Gasteiger partial charge in [-0.2, -0.15) is 0 Å². The SMILES string of the molecule is Cc1cc(NC(=O)c2ccncc2)sc1C(=O)O. The third-order valence-electron chi connectivity index (χ3n) is 2.29. The maximum absolute atomic E-state index is 11.8. The molecule has 1 amide bonds. The number of carboxylic acids is 1. The van der Waals surface area contributed by atoms with Crippen LogP contribution < -0.4 is 5.32 Å². The predicted molar refractivity (Wildman–Crippen MR) is 68.2 cm³/mol. The highest BCUT2D eigenvalue weighted by molar-refractivity contribution is 7.18. The molecule has 0 radical (unpaired) electrons. The van der Waals surface area contributed by atoms with Crippen molar-refractivity contribution in [2.45, 2.75) is 6.92 Å². The zero-order chi connectivity index (χ0) is 13.1. The summed E-state index contributed by atoms with van der Waals surface area (Å²) in [5.41, 5.74) is 1.12. The Labute approximate surface area is 107 Å². The average molecular weight is 262 g/mol. The van der Waals surface area contributed by atoms with E-state index in [1.165, 1.54) is 12.4 Å². The van der Waals surface area contributed by atoms with Crippen molar-refractivity contribution in [1.29, 1.82) is 0 Å². The summed E-state index contributed by atoms with van der Waals surface area (Å²) in [5, 5.41) is 12.1. The Morgan fingerprint density at radius 2 is 2.00 bits per heavy atom. The molecular weight excluding hydrogens is 252 g/mol. The average Bonchev–Trinajstić information content (AvgIpc) is 2.71. The lowest BCUT2D eigenvalue weighted by Crippen LogP contribution is -2.10. The van der Waals surface area contributed by atoms with E-state index in [1.54, 1.807) is 25.1 Å². The summed E-state index contributed by atoms with van der Waals surface area (Å²) in [5.74, 6) is -1.27. The van der Waals surface area contributed by atoms with E-state index in [4.69, 9.17) is 5.11 Å². The Balaban J connectivity index is 2.18. The molecule has 18 heavy (non-hydrogen) atoms. The molecule has 0 aromatic carbocycles. The number of aromatic nitrogens is 1. The van der Waals surface area contributed by atoms with Crippen LogP contribution in [0.25, 0.3) is 0 Å². The third kappa shape index (κ3) is 2.54. The van der Waals surface area contributed by atoms with Crippen LogP contribution in [0.2, 0.25) is 0 Å². The standard InChI is InChI=1S/C12H10N2O3S/c1-7-6-9(18-10(7)12(16)17)14-11(15)8-2-4-13-5-3-8/h2-6H,1H3,(H,14,15)(H,16,17). The minimum absolute atomic E-state index is 0.236. The molecule has 0 spiro atoms. The van der Waals surface area contributed by atoms with Crippen molar-refractivity contribution in [1.82, 2.24) is 4.98 Å². The first-order chi connectivity index (χ1) is 8.58. The molecule has 0 aliphatic rings. The number of rotatable bonds is 3. The molecule has 0 unspecified atom stereocenters. The number of nitrogens with one attached hydrogen (secondary N) is 1. The van der Waals surface area contributed by atoms with Crippen LogP contribution in [0.15, 0.2) is 30.6 Å². The Morgan fingerprint density at radius 3 is 2.56 bits per heavy atom. The van der Waals surface area contributed by atoms with Gasteiger partial charge in [-0.3, -0.25) is 9.78 Å². The Kier molecular flexibility index (Phi) is 3.38. The third-order valence-corrected chi connectivity index (χ3v) is 3.43. The summed E-state index contributed by atoms with van der Waals surface area (Å²) in [6.07, 6.45) is 3.05. The van der Waals surface area contributed by atoms with Crippen molar-refractivity contribution < 1.29 is 14.7 Å². The monoisotopic (exact) mass is 262 g/mol. The molecule has 2 N–H and O–H groups in total. The van der Waals surface area contributed by atoms with Crippen molar-refractivity contribution in [3.05, 3.63) is 46.6 Å². The van der Waals surface area contributed by atoms with E-state index in [9.17, 15) is 9.59 Å². The highest BCUT2D eigenvalue weighted by Gasteiger charge is 2.14. The molecule has 0 aliphatic carbocycles. The smallest absolute Gasteiger partial charge is 0.346 e. The summed E-state index contributed by atoms with van der Waals surface area (Å²) >= 11 is 1.04. The molecule has 0 fully saturated rings. The van der Waals surface area contributed by atoms with Crippen LogP contribution in [0.1, 0.15) is 25.6 Å². The van der Waals surface area contributed by atoms with Gasteiger partial charge >= 0.3 is 5.97 Å². The summed E-state index contributed by atoms with van der Waals surface area (Å²) in [6, 6.07) is 4.83. The molecule has 0 saturated heterocycles. The molecule has 2 aromatic rings. The van der Waals surface area contributed by atoms with Crippen molar-refractivity contribution in [3.63, 3.8) is 0 Å². The first kappa shape index (κ1) is 12.3. The molecular formula is C12H10N2O3S. The second-order valence-electron chi connectivity index (χ2n) is 3.62. The zero-order valence-corrected chi connectivity index (χ0v) is 10.3. The number of hydrogen-bond acceptors (Lipinski definition) is 4. The van der Waals surface area contributed by atoms with Crippen molar-refractivity contribution in [3.8, 4) is 0 Å². The summed E-state index contributed by atoms with van der Waals surface area (Å²) in [6.45, 7) is 1.70. The fourth-order valence-corrected chi connectivity index (χ4v) is 2.35. The number of pyridine rings is 1. The molecule has 2 heterocycles. The number of amides is 1. The Morgan fingerprint density at radius 1 is 1.33 bits per heavy atom. The van der Waals surface area contributed by atoms with Crippen LogP contribution in [0.5, 0.6) is 0 Å². The van der Waals surface area contributed by atoms with Crippen LogP contribution in [-0.4, -0.2) is 22.0 Å². The molecule has 0 atom stereocenters. The van der Waals surface area contributed by atoms with E-state index in [2.05, 4.69) is 10.3 Å². The lowest BCUT2D eigenvalue weighted by Gasteiger charge is -2.01. The number of carbonyl (C=O) groups excluding carboxylic acids is 1. The van der Waals surface area contributed by atoms with Gasteiger partial charge in [0.05, 0.1) is 5.00 Å². The van der Waals surface area contributed by atoms with Gasteiger partial charge in [-0.05, 0) is 30.7 Å². The predicted octanol–water partition coefficient (Wildman–Crippen LogP) is 2.40. The topological polar surface area (TPSA) is 79.3 Å². The van der Waals surface area contributed by atoms with E-state index in [1.807, 2.05) is 0 Å². The minimum atomic E-state index is -0.984. The van der Waals surface area contributed by atoms with Crippen molar-refractivity contribution in [2.75, 3.05) is 5.32 Å². The number of thiophene rings is 1. The maximum Gasteiger partial charge on any atom is 0.346 e. The number of aromatic carboxylic acids is 1. The number of anilines is 1. The first-order valence-electron chi connectivity index (χ1n) is 5.13. The second kappa shape index (κ2) is 4.97. The summed E-state index contributed by atoms with van der Waals surface area (Å²) in [7, 11) is 0. The molecule has 2 rings (SSSR count). The van der Waals surface area contributed by atoms with Gasteiger partial charge in [-0.1, -0.05) is 0 Å². The maximum atomic E-state index is 11.8. The highest BCUT2D eigenvalue weighted by Crippen LogP contribution is 2.26. The fraction of sp³-hybridized carbons (Fsp3) is 0.0833. The normalized spacial score (nSPS) is 10.1. The van der Waals surface area contributed by atoms with E-state index < -0.39 is 5.97 Å². The number of carboxylic acid groups (broad SMARTS) is 1. The van der Waals surface area contributed by atoms with Crippen LogP contribution >= 0.6 is 11.3 Å². The van der Waals surface area contributed by atoms with Crippen LogP contribution in [0.4, 0.5) is 5.00 Å². The lowest BCUT2D eigenvalue weighted by atomic mass is 10.2. The number of aryl methyl sites for hydroxylation is 1. The van der Waals surface area contributed by atoms with Crippen LogP contribution in [-0.2, 0) is 0 Å². The first-order valence-corrected chi connectivity index (χ1v) is 5.94.